The van der Waals surface area contributed by atoms with Gasteiger partial charge in [-0.15, -0.1) is 0 Å². The second kappa shape index (κ2) is 13.4. The zero-order valence-electron chi connectivity index (χ0n) is 32.8. The second-order valence-electron chi connectivity index (χ2n) is 19.0. The molecule has 0 spiro atoms. The zero-order chi connectivity index (χ0) is 39.0. The van der Waals surface area contributed by atoms with Crippen molar-refractivity contribution in [3.05, 3.63) is 82.9 Å². The third kappa shape index (κ3) is 5.67. The van der Waals surface area contributed by atoms with E-state index in [0.29, 0.717) is 29.6 Å². The van der Waals surface area contributed by atoms with E-state index < -0.39 is 23.9 Å². The van der Waals surface area contributed by atoms with E-state index >= 15 is 0 Å². The third-order valence-corrected chi connectivity index (χ3v) is 16.7. The van der Waals surface area contributed by atoms with Gasteiger partial charge in [0, 0.05) is 22.0 Å². The van der Waals surface area contributed by atoms with Crippen molar-refractivity contribution in [1.82, 2.24) is 0 Å². The lowest BCUT2D eigenvalue weighted by molar-refractivity contribution is -0.256. The van der Waals surface area contributed by atoms with Gasteiger partial charge in [0.1, 0.15) is 6.10 Å². The number of allylic oxidation sites excluding steroid dienone is 1. The SMILES string of the molecule is C=C(C)C1CCC2(COC(=O)c3ccccc3C(=O)[O-])CC[C@]3(C)C(CCC4[C@@]5(C)CCC(OC(=O)c6ccccc6C(=O)[O-])C(C)(C)C5CC[C@]43C)C12. The van der Waals surface area contributed by atoms with Crippen LogP contribution < -0.4 is 10.2 Å². The molecular weight excluding hydrogens is 680 g/mol. The number of esters is 2. The number of fused-ring (bicyclic) bond motifs is 7. The van der Waals surface area contributed by atoms with E-state index in [4.69, 9.17) is 9.47 Å². The van der Waals surface area contributed by atoms with Gasteiger partial charge in [-0.05, 0) is 129 Å². The monoisotopic (exact) mass is 736 g/mol. The van der Waals surface area contributed by atoms with Crippen LogP contribution in [0.5, 0.6) is 0 Å². The maximum absolute atomic E-state index is 13.5. The highest BCUT2D eigenvalue weighted by molar-refractivity contribution is 6.02. The number of ether oxygens (including phenoxy) is 2. The molecule has 290 valence electrons. The van der Waals surface area contributed by atoms with Crippen LogP contribution in [0, 0.1) is 56.7 Å². The molecule has 7 unspecified atom stereocenters. The molecule has 10 atom stereocenters. The molecule has 5 fully saturated rings. The normalized spacial score (nSPS) is 37.7. The summed E-state index contributed by atoms with van der Waals surface area (Å²) in [4.78, 5) is 50.5. The Hall–Kier alpha value is -3.94. The van der Waals surface area contributed by atoms with Gasteiger partial charge in [0.05, 0.1) is 29.7 Å². The summed E-state index contributed by atoms with van der Waals surface area (Å²) in [6.45, 7) is 19.0. The van der Waals surface area contributed by atoms with Crippen LogP contribution in [0.15, 0.2) is 60.7 Å². The number of rotatable bonds is 8. The molecule has 0 heterocycles. The molecule has 54 heavy (non-hydrogen) atoms. The number of hydrogen-bond acceptors (Lipinski definition) is 8. The van der Waals surface area contributed by atoms with Crippen molar-refractivity contribution in [2.45, 2.75) is 112 Å². The topological polar surface area (TPSA) is 133 Å². The fraction of sp³-hybridized carbons (Fsp3) is 0.609. The van der Waals surface area contributed by atoms with Crippen LogP contribution in [0.4, 0.5) is 0 Å². The van der Waals surface area contributed by atoms with Crippen molar-refractivity contribution in [1.29, 1.82) is 0 Å². The van der Waals surface area contributed by atoms with Crippen molar-refractivity contribution >= 4 is 23.9 Å². The summed E-state index contributed by atoms with van der Waals surface area (Å²) >= 11 is 0. The van der Waals surface area contributed by atoms with Gasteiger partial charge in [0.15, 0.2) is 0 Å². The molecule has 5 saturated carbocycles. The summed E-state index contributed by atoms with van der Waals surface area (Å²) in [6.07, 6.45) is 9.60. The molecule has 2 aromatic carbocycles. The number of benzene rings is 2. The summed E-state index contributed by atoms with van der Waals surface area (Å²) in [7, 11) is 0. The summed E-state index contributed by atoms with van der Waals surface area (Å²) in [6, 6.07) is 12.2. The summed E-state index contributed by atoms with van der Waals surface area (Å²) in [5.74, 6) is -2.10. The van der Waals surface area contributed by atoms with Crippen molar-refractivity contribution in [3.63, 3.8) is 0 Å². The molecule has 0 aromatic heterocycles. The van der Waals surface area contributed by atoms with Gasteiger partial charge in [-0.25, -0.2) is 9.59 Å². The van der Waals surface area contributed by atoms with Gasteiger partial charge in [0.2, 0.25) is 0 Å². The lowest BCUT2D eigenvalue weighted by atomic mass is 9.32. The number of aromatic carboxylic acids is 2. The third-order valence-electron chi connectivity index (χ3n) is 16.7. The molecule has 5 aliphatic rings. The van der Waals surface area contributed by atoms with E-state index in [0.717, 1.165) is 64.2 Å². The molecule has 8 heteroatoms. The Kier molecular flexibility index (Phi) is 9.49. The maximum atomic E-state index is 13.5. The first-order chi connectivity index (χ1) is 25.4. The van der Waals surface area contributed by atoms with Crippen LogP contribution in [0.1, 0.15) is 147 Å². The maximum Gasteiger partial charge on any atom is 0.339 e. The van der Waals surface area contributed by atoms with Crippen molar-refractivity contribution < 1.29 is 38.9 Å². The highest BCUT2D eigenvalue weighted by atomic mass is 16.5. The minimum Gasteiger partial charge on any atom is -0.545 e. The van der Waals surface area contributed by atoms with Crippen molar-refractivity contribution in [3.8, 4) is 0 Å². The second-order valence-corrected chi connectivity index (χ2v) is 19.0. The Morgan fingerprint density at radius 1 is 0.685 bits per heavy atom. The molecule has 0 aliphatic heterocycles. The Morgan fingerprint density at radius 3 is 1.87 bits per heavy atom. The van der Waals surface area contributed by atoms with E-state index in [1.54, 1.807) is 24.3 Å². The Morgan fingerprint density at radius 2 is 1.28 bits per heavy atom. The quantitative estimate of drug-likeness (QED) is 0.202. The predicted octanol–water partition coefficient (Wildman–Crippen LogP) is 7.45. The van der Waals surface area contributed by atoms with E-state index in [1.807, 2.05) is 0 Å². The minimum atomic E-state index is -1.39. The fourth-order valence-corrected chi connectivity index (χ4v) is 13.9. The Bertz CT molecular complexity index is 1880. The molecule has 0 saturated heterocycles. The van der Waals surface area contributed by atoms with Gasteiger partial charge in [-0.2, -0.15) is 0 Å². The Balaban J connectivity index is 1.14. The van der Waals surface area contributed by atoms with Gasteiger partial charge in [0.25, 0.3) is 0 Å². The molecule has 0 N–H and O–H groups in total. The number of carbonyl (C=O) groups is 4. The zero-order valence-corrected chi connectivity index (χ0v) is 32.8. The highest BCUT2D eigenvalue weighted by Gasteiger charge is 2.71. The fourth-order valence-electron chi connectivity index (χ4n) is 13.9. The average molecular weight is 737 g/mol. The molecular formula is C46H56O8-2. The van der Waals surface area contributed by atoms with Gasteiger partial charge < -0.3 is 29.3 Å². The van der Waals surface area contributed by atoms with Crippen molar-refractivity contribution in [2.75, 3.05) is 6.61 Å². The molecule has 7 rings (SSSR count). The molecule has 0 bridgehead atoms. The van der Waals surface area contributed by atoms with E-state index in [-0.39, 0.29) is 62.0 Å². The molecule has 0 radical (unpaired) electrons. The van der Waals surface area contributed by atoms with Crippen LogP contribution in [0.3, 0.4) is 0 Å². The van der Waals surface area contributed by atoms with Crippen LogP contribution in [-0.2, 0) is 9.47 Å². The highest BCUT2D eigenvalue weighted by Crippen LogP contribution is 2.77. The predicted molar refractivity (Wildman–Crippen MR) is 200 cm³/mol. The van der Waals surface area contributed by atoms with Crippen LogP contribution >= 0.6 is 0 Å². The summed E-state index contributed by atoms with van der Waals surface area (Å²) in [5, 5.41) is 23.6. The Labute approximate surface area is 320 Å². The van der Waals surface area contributed by atoms with Gasteiger partial charge >= 0.3 is 11.9 Å². The molecule has 2 aromatic rings. The molecule has 0 amide bonds. The largest absolute Gasteiger partial charge is 0.545 e. The van der Waals surface area contributed by atoms with Crippen LogP contribution in [0.25, 0.3) is 0 Å². The van der Waals surface area contributed by atoms with Crippen LogP contribution in [0.2, 0.25) is 0 Å². The summed E-state index contributed by atoms with van der Waals surface area (Å²) in [5.41, 5.74) is 0.644. The standard InChI is InChI=1S/C46H58O8/c1-27(2)28-18-23-46(26-53-40(51)31-14-10-8-12-29(31)38(47)48)25-24-44(6)33(37(28)46)16-17-35-43(5)21-20-36(42(3,4)34(43)19-22-45(35,44)7)54-41(52)32-15-11-9-13-30(32)39(49)50/h8-15,28,33-37H,1,16-26H2,2-7H3,(H,47,48)(H,49,50)/p-2/t28?,33?,34?,35?,36?,37?,43-,44+,45+,46?/m0/s1. The van der Waals surface area contributed by atoms with E-state index in [1.165, 1.54) is 29.8 Å². The lowest BCUT2D eigenvalue weighted by Crippen LogP contribution is -2.67. The number of hydrogen-bond donors (Lipinski definition) is 0. The lowest BCUT2D eigenvalue weighted by Gasteiger charge is -2.73. The van der Waals surface area contributed by atoms with Gasteiger partial charge in [-0.3, -0.25) is 0 Å². The minimum absolute atomic E-state index is 0.0355. The van der Waals surface area contributed by atoms with Gasteiger partial charge in [-0.1, -0.05) is 83.2 Å². The first kappa shape index (κ1) is 38.3. The first-order valence-electron chi connectivity index (χ1n) is 20.1. The number of carbonyl (C=O) groups excluding carboxylic acids is 4. The number of carboxylic acids is 2. The average Bonchev–Trinajstić information content (AvgIpc) is 3.52. The van der Waals surface area contributed by atoms with E-state index in [2.05, 4.69) is 48.1 Å². The molecule has 8 nitrogen and oxygen atoms in total. The van der Waals surface area contributed by atoms with E-state index in [9.17, 15) is 29.4 Å². The summed E-state index contributed by atoms with van der Waals surface area (Å²) < 4.78 is 12.3. The number of carboxylic acid groups (broad SMARTS) is 2. The molecule has 5 aliphatic carbocycles. The van der Waals surface area contributed by atoms with Crippen molar-refractivity contribution in [2.24, 2.45) is 56.7 Å². The smallest absolute Gasteiger partial charge is 0.339 e. The first-order valence-corrected chi connectivity index (χ1v) is 20.1. The van der Waals surface area contributed by atoms with Crippen LogP contribution in [-0.4, -0.2) is 36.6 Å².